The first-order valence-corrected chi connectivity index (χ1v) is 8.45. The van der Waals surface area contributed by atoms with Crippen molar-refractivity contribution in [3.63, 3.8) is 0 Å². The minimum Gasteiger partial charge on any atom is -0.335 e. The lowest BCUT2D eigenvalue weighted by Crippen LogP contribution is -2.32. The molecular formula is C18H18N2OS. The van der Waals surface area contributed by atoms with Crippen molar-refractivity contribution in [1.82, 2.24) is 4.90 Å². The summed E-state index contributed by atoms with van der Waals surface area (Å²) in [5.41, 5.74) is 1.77. The molecule has 0 saturated heterocycles. The standard InChI is InChI=1S/C18H18N2OS/c19-12-15-5-3-14(4-6-15)7-10-18(21)20(16-8-9-16)13-17-2-1-11-22-17/h1-6,11,16H,7-10,13H2. The molecule has 1 aromatic carbocycles. The maximum Gasteiger partial charge on any atom is 0.223 e. The van der Waals surface area contributed by atoms with Gasteiger partial charge in [0.05, 0.1) is 18.2 Å². The quantitative estimate of drug-likeness (QED) is 0.815. The third kappa shape index (κ3) is 3.75. The van der Waals surface area contributed by atoms with Crippen LogP contribution in [0.4, 0.5) is 0 Å². The number of hydrogen-bond donors (Lipinski definition) is 0. The summed E-state index contributed by atoms with van der Waals surface area (Å²) in [7, 11) is 0. The lowest BCUT2D eigenvalue weighted by Gasteiger charge is -2.22. The highest BCUT2D eigenvalue weighted by Crippen LogP contribution is 2.30. The van der Waals surface area contributed by atoms with Gasteiger partial charge in [-0.05, 0) is 48.4 Å². The van der Waals surface area contributed by atoms with Crippen molar-refractivity contribution in [2.75, 3.05) is 0 Å². The van der Waals surface area contributed by atoms with Gasteiger partial charge in [-0.2, -0.15) is 5.26 Å². The van der Waals surface area contributed by atoms with E-state index in [2.05, 4.69) is 17.5 Å². The molecule has 0 N–H and O–H groups in total. The molecule has 22 heavy (non-hydrogen) atoms. The number of carbonyl (C=O) groups excluding carboxylic acids is 1. The van der Waals surface area contributed by atoms with Gasteiger partial charge in [0.25, 0.3) is 0 Å². The van der Waals surface area contributed by atoms with E-state index >= 15 is 0 Å². The zero-order valence-corrected chi connectivity index (χ0v) is 13.2. The SMILES string of the molecule is N#Cc1ccc(CCC(=O)N(Cc2cccs2)C2CC2)cc1. The molecule has 3 nitrogen and oxygen atoms in total. The highest BCUT2D eigenvalue weighted by molar-refractivity contribution is 7.09. The number of rotatable bonds is 6. The van der Waals surface area contributed by atoms with Crippen LogP contribution in [0.2, 0.25) is 0 Å². The molecule has 1 saturated carbocycles. The van der Waals surface area contributed by atoms with Crippen LogP contribution in [0.3, 0.4) is 0 Å². The van der Waals surface area contributed by atoms with Crippen molar-refractivity contribution < 1.29 is 4.79 Å². The maximum atomic E-state index is 12.5. The molecule has 1 heterocycles. The fourth-order valence-corrected chi connectivity index (χ4v) is 3.22. The Hall–Kier alpha value is -2.12. The molecule has 4 heteroatoms. The minimum atomic E-state index is 0.236. The second-order valence-corrected chi connectivity index (χ2v) is 6.67. The van der Waals surface area contributed by atoms with Crippen molar-refractivity contribution in [2.24, 2.45) is 0 Å². The smallest absolute Gasteiger partial charge is 0.223 e. The number of thiophene rings is 1. The zero-order chi connectivity index (χ0) is 15.4. The van der Waals surface area contributed by atoms with E-state index in [0.717, 1.165) is 31.4 Å². The van der Waals surface area contributed by atoms with E-state index in [1.165, 1.54) is 4.88 Å². The Kier molecular flexibility index (Phi) is 4.55. The van der Waals surface area contributed by atoms with E-state index < -0.39 is 0 Å². The third-order valence-corrected chi connectivity index (χ3v) is 4.79. The van der Waals surface area contributed by atoms with Gasteiger partial charge >= 0.3 is 0 Å². The fraction of sp³-hybridized carbons (Fsp3) is 0.333. The van der Waals surface area contributed by atoms with Crippen LogP contribution in [-0.2, 0) is 17.8 Å². The monoisotopic (exact) mass is 310 g/mol. The van der Waals surface area contributed by atoms with E-state index in [1.54, 1.807) is 11.3 Å². The van der Waals surface area contributed by atoms with Gasteiger partial charge in [-0.1, -0.05) is 18.2 Å². The number of aryl methyl sites for hydroxylation is 1. The lowest BCUT2D eigenvalue weighted by molar-refractivity contribution is -0.132. The van der Waals surface area contributed by atoms with Crippen LogP contribution in [0.5, 0.6) is 0 Å². The highest BCUT2D eigenvalue weighted by atomic mass is 32.1. The van der Waals surface area contributed by atoms with Crippen molar-refractivity contribution in [3.05, 3.63) is 57.8 Å². The molecule has 3 rings (SSSR count). The zero-order valence-electron chi connectivity index (χ0n) is 12.4. The maximum absolute atomic E-state index is 12.5. The number of nitriles is 1. The molecule has 0 atom stereocenters. The molecule has 1 fully saturated rings. The highest BCUT2D eigenvalue weighted by Gasteiger charge is 2.32. The second kappa shape index (κ2) is 6.76. The number of nitrogens with zero attached hydrogens (tertiary/aromatic N) is 2. The van der Waals surface area contributed by atoms with Crippen molar-refractivity contribution >= 4 is 17.2 Å². The molecule has 0 aliphatic heterocycles. The largest absolute Gasteiger partial charge is 0.335 e. The Bertz CT molecular complexity index is 666. The van der Waals surface area contributed by atoms with Crippen LogP contribution in [0.1, 0.15) is 35.3 Å². The summed E-state index contributed by atoms with van der Waals surface area (Å²) in [6.07, 6.45) is 3.54. The minimum absolute atomic E-state index is 0.236. The van der Waals surface area contributed by atoms with Crippen molar-refractivity contribution in [2.45, 2.75) is 38.3 Å². The molecule has 112 valence electrons. The average molecular weight is 310 g/mol. The van der Waals surface area contributed by atoms with E-state index in [-0.39, 0.29) is 5.91 Å². The summed E-state index contributed by atoms with van der Waals surface area (Å²) in [5.74, 6) is 0.236. The molecular weight excluding hydrogens is 292 g/mol. The fourth-order valence-electron chi connectivity index (χ4n) is 2.52. The van der Waals surface area contributed by atoms with E-state index in [0.29, 0.717) is 18.0 Å². The molecule has 0 unspecified atom stereocenters. The van der Waals surface area contributed by atoms with Gasteiger partial charge < -0.3 is 4.90 Å². The molecule has 0 spiro atoms. The number of benzene rings is 1. The normalized spacial score (nSPS) is 13.6. The molecule has 1 aromatic heterocycles. The molecule has 1 aliphatic rings. The van der Waals surface area contributed by atoms with Gasteiger partial charge in [-0.15, -0.1) is 11.3 Å². The molecule has 1 amide bonds. The summed E-state index contributed by atoms with van der Waals surface area (Å²) in [6.45, 7) is 0.745. The predicted octanol–water partition coefficient (Wildman–Crippen LogP) is 3.74. The van der Waals surface area contributed by atoms with E-state index in [9.17, 15) is 4.79 Å². The summed E-state index contributed by atoms with van der Waals surface area (Å²) < 4.78 is 0. The Labute approximate surface area is 134 Å². The second-order valence-electron chi connectivity index (χ2n) is 5.64. The summed E-state index contributed by atoms with van der Waals surface area (Å²) >= 11 is 1.71. The van der Waals surface area contributed by atoms with Crippen LogP contribution in [0.25, 0.3) is 0 Å². The first kappa shape index (κ1) is 14.8. The predicted molar refractivity (Wildman–Crippen MR) is 87.4 cm³/mol. The van der Waals surface area contributed by atoms with Crippen LogP contribution >= 0.6 is 11.3 Å². The summed E-state index contributed by atoms with van der Waals surface area (Å²) in [5, 5.41) is 10.9. The van der Waals surface area contributed by atoms with Crippen molar-refractivity contribution in [1.29, 1.82) is 5.26 Å². The number of carbonyl (C=O) groups is 1. The number of amides is 1. The molecule has 1 aliphatic carbocycles. The van der Waals surface area contributed by atoms with Gasteiger partial charge in [0.15, 0.2) is 0 Å². The van der Waals surface area contributed by atoms with E-state index in [4.69, 9.17) is 5.26 Å². The Morgan fingerprint density at radius 3 is 2.64 bits per heavy atom. The lowest BCUT2D eigenvalue weighted by atomic mass is 10.1. The first-order chi connectivity index (χ1) is 10.8. The molecule has 0 bridgehead atoms. The Morgan fingerprint density at radius 2 is 2.05 bits per heavy atom. The van der Waals surface area contributed by atoms with Gasteiger partial charge in [0.2, 0.25) is 5.91 Å². The van der Waals surface area contributed by atoms with Gasteiger partial charge in [-0.3, -0.25) is 4.79 Å². The summed E-state index contributed by atoms with van der Waals surface area (Å²) in [6, 6.07) is 14.2. The first-order valence-electron chi connectivity index (χ1n) is 7.57. The molecule has 2 aromatic rings. The van der Waals surface area contributed by atoms with E-state index in [1.807, 2.05) is 35.2 Å². The Morgan fingerprint density at radius 1 is 1.27 bits per heavy atom. The molecule has 0 radical (unpaired) electrons. The van der Waals surface area contributed by atoms with Crippen LogP contribution in [0.15, 0.2) is 41.8 Å². The van der Waals surface area contributed by atoms with Crippen LogP contribution in [-0.4, -0.2) is 16.8 Å². The average Bonchev–Trinajstić information content (AvgIpc) is 3.27. The van der Waals surface area contributed by atoms with Gasteiger partial charge in [0, 0.05) is 17.3 Å². The topological polar surface area (TPSA) is 44.1 Å². The van der Waals surface area contributed by atoms with Crippen LogP contribution < -0.4 is 0 Å². The Balaban J connectivity index is 1.58. The number of hydrogen-bond acceptors (Lipinski definition) is 3. The van der Waals surface area contributed by atoms with Crippen LogP contribution in [0, 0.1) is 11.3 Å². The van der Waals surface area contributed by atoms with Gasteiger partial charge in [0.1, 0.15) is 0 Å². The summed E-state index contributed by atoms with van der Waals surface area (Å²) in [4.78, 5) is 15.8. The van der Waals surface area contributed by atoms with Crippen molar-refractivity contribution in [3.8, 4) is 6.07 Å². The third-order valence-electron chi connectivity index (χ3n) is 3.92. The van der Waals surface area contributed by atoms with Gasteiger partial charge in [-0.25, -0.2) is 0 Å².